The maximum atomic E-state index is 12.1. The number of hydrogen-bond donors (Lipinski definition) is 1. The van der Waals surface area contributed by atoms with Crippen LogP contribution in [0.5, 0.6) is 0 Å². The van der Waals surface area contributed by atoms with E-state index in [0.29, 0.717) is 5.76 Å². The van der Waals surface area contributed by atoms with Crippen LogP contribution in [0.2, 0.25) is 0 Å². The Kier molecular flexibility index (Phi) is 5.16. The monoisotopic (exact) mass is 334 g/mol. The first-order chi connectivity index (χ1) is 10.9. The van der Waals surface area contributed by atoms with Crippen LogP contribution >= 0.6 is 0 Å². The second kappa shape index (κ2) is 7.09. The lowest BCUT2D eigenvalue weighted by molar-refractivity contribution is 0.0435. The first kappa shape index (κ1) is 16.7. The van der Waals surface area contributed by atoms with Crippen molar-refractivity contribution in [3.05, 3.63) is 54.0 Å². The molecule has 0 radical (unpaired) electrons. The van der Waals surface area contributed by atoms with Gasteiger partial charge in [0.05, 0.1) is 23.3 Å². The second-order valence-corrected chi connectivity index (χ2v) is 6.37. The van der Waals surface area contributed by atoms with Crippen molar-refractivity contribution >= 4 is 16.0 Å². The first-order valence-electron chi connectivity index (χ1n) is 6.65. The molecule has 0 unspecified atom stereocenters. The summed E-state index contributed by atoms with van der Waals surface area (Å²) >= 11 is 0. The molecule has 1 N–H and O–H groups in total. The minimum Gasteiger partial charge on any atom is -0.468 e. The van der Waals surface area contributed by atoms with Gasteiger partial charge in [-0.2, -0.15) is 5.26 Å². The number of hydrogen-bond acceptors (Lipinski definition) is 6. The number of benzene rings is 1. The maximum absolute atomic E-state index is 12.1. The minimum absolute atomic E-state index is 0.00828. The van der Waals surface area contributed by atoms with Crippen molar-refractivity contribution in [2.24, 2.45) is 0 Å². The molecule has 0 aliphatic heterocycles. The van der Waals surface area contributed by atoms with Crippen molar-refractivity contribution in [2.45, 2.75) is 24.5 Å². The first-order valence-corrected chi connectivity index (χ1v) is 8.13. The van der Waals surface area contributed by atoms with E-state index in [-0.39, 0.29) is 17.0 Å². The third-order valence-electron chi connectivity index (χ3n) is 2.88. The Morgan fingerprint density at radius 2 is 2.04 bits per heavy atom. The summed E-state index contributed by atoms with van der Waals surface area (Å²) in [6.07, 6.45) is 0.576. The molecule has 1 heterocycles. The maximum Gasteiger partial charge on any atom is 0.339 e. The van der Waals surface area contributed by atoms with Crippen LogP contribution in [0.3, 0.4) is 0 Å². The molecular weight excluding hydrogens is 320 g/mol. The highest BCUT2D eigenvalue weighted by Gasteiger charge is 2.16. The van der Waals surface area contributed by atoms with Crippen LogP contribution in [0.4, 0.5) is 0 Å². The molecule has 2 aromatic rings. The molecule has 0 saturated heterocycles. The van der Waals surface area contributed by atoms with Gasteiger partial charge in [-0.1, -0.05) is 0 Å². The van der Waals surface area contributed by atoms with E-state index in [1.165, 1.54) is 37.5 Å². The van der Waals surface area contributed by atoms with Gasteiger partial charge in [0, 0.05) is 0 Å². The molecule has 0 aliphatic rings. The molecule has 0 bridgehead atoms. The van der Waals surface area contributed by atoms with E-state index in [1.54, 1.807) is 18.2 Å². The normalized spacial score (nSPS) is 12.3. The van der Waals surface area contributed by atoms with E-state index in [9.17, 15) is 13.2 Å². The number of furan rings is 1. The predicted octanol–water partition coefficient (Wildman–Crippen LogP) is 1.83. The summed E-state index contributed by atoms with van der Waals surface area (Å²) < 4.78 is 36.5. The van der Waals surface area contributed by atoms with Crippen molar-refractivity contribution in [1.29, 1.82) is 5.26 Å². The Bertz CT molecular complexity index is 805. The predicted molar refractivity (Wildman–Crippen MR) is 79.7 cm³/mol. The van der Waals surface area contributed by atoms with Gasteiger partial charge in [-0.15, -0.1) is 0 Å². The van der Waals surface area contributed by atoms with Crippen LogP contribution in [0.25, 0.3) is 0 Å². The summed E-state index contributed by atoms with van der Waals surface area (Å²) in [6.45, 7) is 1.47. The summed E-state index contributed by atoms with van der Waals surface area (Å²) in [5.74, 6) is -0.203. The van der Waals surface area contributed by atoms with Crippen molar-refractivity contribution in [2.75, 3.05) is 0 Å². The van der Waals surface area contributed by atoms with E-state index in [4.69, 9.17) is 14.4 Å². The Labute approximate surface area is 133 Å². The largest absolute Gasteiger partial charge is 0.468 e. The molecular formula is C15H14N2O5S. The summed E-state index contributed by atoms with van der Waals surface area (Å²) in [4.78, 5) is 11.7. The Morgan fingerprint density at radius 3 is 2.61 bits per heavy atom. The average molecular weight is 334 g/mol. The highest BCUT2D eigenvalue weighted by molar-refractivity contribution is 7.89. The Balaban J connectivity index is 2.06. The standard InChI is InChI=1S/C15H14N2O5S/c1-11(9-16)22-15(18)12-4-6-14(7-5-12)23(19,20)17-10-13-3-2-8-21-13/h2-8,11,17H,10H2,1H3/t11-/m0/s1. The molecule has 23 heavy (non-hydrogen) atoms. The minimum atomic E-state index is -3.72. The quantitative estimate of drug-likeness (QED) is 0.807. The number of sulfonamides is 1. The van der Waals surface area contributed by atoms with Gasteiger partial charge in [0.25, 0.3) is 0 Å². The summed E-state index contributed by atoms with van der Waals surface area (Å²) in [6, 6.07) is 10.3. The SMILES string of the molecule is C[C@@H](C#N)OC(=O)c1ccc(S(=O)(=O)NCc2ccco2)cc1. The van der Waals surface area contributed by atoms with Gasteiger partial charge < -0.3 is 9.15 Å². The van der Waals surface area contributed by atoms with Crippen molar-refractivity contribution in [1.82, 2.24) is 4.72 Å². The zero-order valence-corrected chi connectivity index (χ0v) is 13.0. The molecule has 0 saturated carbocycles. The second-order valence-electron chi connectivity index (χ2n) is 4.60. The van der Waals surface area contributed by atoms with E-state index in [1.807, 2.05) is 0 Å². The van der Waals surface area contributed by atoms with E-state index in [2.05, 4.69) is 4.72 Å². The number of nitriles is 1. The number of carbonyl (C=O) groups excluding carboxylic acids is 1. The topological polar surface area (TPSA) is 109 Å². The highest BCUT2D eigenvalue weighted by Crippen LogP contribution is 2.13. The van der Waals surface area contributed by atoms with Crippen LogP contribution in [-0.4, -0.2) is 20.5 Å². The van der Waals surface area contributed by atoms with Gasteiger partial charge in [-0.25, -0.2) is 17.9 Å². The summed E-state index contributed by atoms with van der Waals surface area (Å²) in [7, 11) is -3.72. The highest BCUT2D eigenvalue weighted by atomic mass is 32.2. The number of rotatable bonds is 6. The molecule has 1 atom stereocenters. The lowest BCUT2D eigenvalue weighted by atomic mass is 10.2. The Morgan fingerprint density at radius 1 is 1.35 bits per heavy atom. The van der Waals surface area contributed by atoms with Gasteiger partial charge in [0.1, 0.15) is 11.8 Å². The van der Waals surface area contributed by atoms with Gasteiger partial charge >= 0.3 is 5.97 Å². The summed E-state index contributed by atoms with van der Waals surface area (Å²) in [5, 5.41) is 8.60. The molecule has 2 rings (SSSR count). The number of nitrogens with zero attached hydrogens (tertiary/aromatic N) is 1. The molecule has 8 heteroatoms. The van der Waals surface area contributed by atoms with Crippen LogP contribution in [0.15, 0.2) is 52.0 Å². The fourth-order valence-corrected chi connectivity index (χ4v) is 2.68. The van der Waals surface area contributed by atoms with Crippen LogP contribution in [0.1, 0.15) is 23.0 Å². The van der Waals surface area contributed by atoms with Crippen LogP contribution in [0, 0.1) is 11.3 Å². The summed E-state index contributed by atoms with van der Waals surface area (Å²) in [5.41, 5.74) is 0.164. The van der Waals surface area contributed by atoms with Crippen LogP contribution in [-0.2, 0) is 21.3 Å². The zero-order valence-electron chi connectivity index (χ0n) is 12.2. The number of ether oxygens (including phenoxy) is 1. The third-order valence-corrected chi connectivity index (χ3v) is 4.30. The van der Waals surface area contributed by atoms with E-state index >= 15 is 0 Å². The molecule has 120 valence electrons. The molecule has 1 aromatic carbocycles. The smallest absolute Gasteiger partial charge is 0.339 e. The fraction of sp³-hybridized carbons (Fsp3) is 0.200. The van der Waals surface area contributed by atoms with E-state index < -0.39 is 22.1 Å². The molecule has 0 aliphatic carbocycles. The Hall–Kier alpha value is -2.63. The number of esters is 1. The fourth-order valence-electron chi connectivity index (χ4n) is 1.69. The van der Waals surface area contributed by atoms with Crippen molar-refractivity contribution in [3.63, 3.8) is 0 Å². The molecule has 0 spiro atoms. The van der Waals surface area contributed by atoms with Gasteiger partial charge in [-0.3, -0.25) is 0 Å². The lowest BCUT2D eigenvalue weighted by Gasteiger charge is -2.08. The number of carbonyl (C=O) groups is 1. The molecule has 0 fully saturated rings. The molecule has 0 amide bonds. The number of nitrogens with one attached hydrogen (secondary N) is 1. The average Bonchev–Trinajstić information content (AvgIpc) is 3.06. The van der Waals surface area contributed by atoms with E-state index in [0.717, 1.165) is 0 Å². The molecule has 7 nitrogen and oxygen atoms in total. The van der Waals surface area contributed by atoms with Crippen LogP contribution < -0.4 is 4.72 Å². The van der Waals surface area contributed by atoms with Crippen molar-refractivity contribution < 1.29 is 22.4 Å². The third kappa shape index (κ3) is 4.42. The van der Waals surface area contributed by atoms with Gasteiger partial charge in [-0.05, 0) is 43.3 Å². The lowest BCUT2D eigenvalue weighted by Crippen LogP contribution is -2.23. The van der Waals surface area contributed by atoms with Gasteiger partial charge in [0.15, 0.2) is 6.10 Å². The molecule has 1 aromatic heterocycles. The van der Waals surface area contributed by atoms with Crippen molar-refractivity contribution in [3.8, 4) is 6.07 Å². The van der Waals surface area contributed by atoms with Gasteiger partial charge in [0.2, 0.25) is 10.0 Å². The zero-order chi connectivity index (χ0) is 16.9.